The molecule has 0 bridgehead atoms. The molecular weight excluding hydrogens is 435 g/mol. The summed E-state index contributed by atoms with van der Waals surface area (Å²) in [6.07, 6.45) is -4.59. The lowest BCUT2D eigenvalue weighted by atomic mass is 10.2. The maximum Gasteiger partial charge on any atom is 0.433 e. The summed E-state index contributed by atoms with van der Waals surface area (Å²) in [5, 5.41) is 3.86. The van der Waals surface area contributed by atoms with Crippen molar-refractivity contribution in [3.05, 3.63) is 71.5 Å². The minimum Gasteiger partial charge on any atom is -0.462 e. The van der Waals surface area contributed by atoms with Gasteiger partial charge in [0.2, 0.25) is 0 Å². The Labute approximate surface area is 176 Å². The molecule has 2 aromatic carbocycles. The first-order valence-corrected chi connectivity index (χ1v) is 10.5. The second-order valence-electron chi connectivity index (χ2n) is 6.48. The largest absolute Gasteiger partial charge is 0.462 e. The van der Waals surface area contributed by atoms with Crippen molar-refractivity contribution in [2.24, 2.45) is 0 Å². The number of sulfonamides is 1. The molecule has 0 saturated carbocycles. The van der Waals surface area contributed by atoms with Crippen LogP contribution in [-0.4, -0.2) is 30.8 Å². The van der Waals surface area contributed by atoms with Gasteiger partial charge in [0.05, 0.1) is 28.4 Å². The predicted molar refractivity (Wildman–Crippen MR) is 107 cm³/mol. The maximum absolute atomic E-state index is 13.2. The number of benzene rings is 2. The average molecular weight is 453 g/mol. The van der Waals surface area contributed by atoms with Gasteiger partial charge in [-0.25, -0.2) is 17.9 Å². The number of carbonyl (C=O) groups excluding carboxylic acids is 1. The number of aryl methyl sites for hydroxylation is 1. The summed E-state index contributed by atoms with van der Waals surface area (Å²) < 4.78 is 72.6. The van der Waals surface area contributed by atoms with Crippen LogP contribution in [0.4, 0.5) is 18.9 Å². The number of esters is 1. The van der Waals surface area contributed by atoms with E-state index in [1.807, 2.05) is 0 Å². The van der Waals surface area contributed by atoms with Gasteiger partial charge in [-0.05, 0) is 68.4 Å². The molecule has 7 nitrogen and oxygen atoms in total. The minimum absolute atomic E-state index is 0.0910. The van der Waals surface area contributed by atoms with Gasteiger partial charge in [-0.3, -0.25) is 4.72 Å². The second kappa shape index (κ2) is 8.42. The number of nitrogens with one attached hydrogen (secondary N) is 1. The first-order chi connectivity index (χ1) is 14.5. The Bertz CT molecular complexity index is 1190. The molecule has 3 aromatic rings. The molecule has 1 heterocycles. The van der Waals surface area contributed by atoms with E-state index in [2.05, 4.69) is 9.82 Å². The third-order valence-corrected chi connectivity index (χ3v) is 5.56. The lowest BCUT2D eigenvalue weighted by Crippen LogP contribution is -2.14. The topological polar surface area (TPSA) is 90.3 Å². The number of alkyl halides is 3. The highest BCUT2D eigenvalue weighted by atomic mass is 32.2. The van der Waals surface area contributed by atoms with Crippen LogP contribution < -0.4 is 4.72 Å². The summed E-state index contributed by atoms with van der Waals surface area (Å²) in [6.45, 7) is 3.30. The van der Waals surface area contributed by atoms with Crippen LogP contribution in [-0.2, 0) is 20.9 Å². The number of ether oxygens (including phenoxy) is 1. The number of aromatic nitrogens is 2. The molecule has 164 valence electrons. The van der Waals surface area contributed by atoms with Gasteiger partial charge in [-0.1, -0.05) is 0 Å². The Morgan fingerprint density at radius 2 is 1.71 bits per heavy atom. The van der Waals surface area contributed by atoms with Gasteiger partial charge in [0.1, 0.15) is 5.69 Å². The molecule has 0 saturated heterocycles. The van der Waals surface area contributed by atoms with Crippen LogP contribution in [0, 0.1) is 6.92 Å². The molecule has 0 radical (unpaired) electrons. The van der Waals surface area contributed by atoms with Gasteiger partial charge in [0.25, 0.3) is 10.0 Å². The van der Waals surface area contributed by atoms with E-state index in [1.54, 1.807) is 6.92 Å². The van der Waals surface area contributed by atoms with Gasteiger partial charge in [0, 0.05) is 5.69 Å². The van der Waals surface area contributed by atoms with Crippen molar-refractivity contribution in [1.29, 1.82) is 0 Å². The van der Waals surface area contributed by atoms with Crippen LogP contribution >= 0.6 is 0 Å². The van der Waals surface area contributed by atoms with Crippen molar-refractivity contribution in [2.45, 2.75) is 24.9 Å². The van der Waals surface area contributed by atoms with Gasteiger partial charge in [0.15, 0.2) is 0 Å². The van der Waals surface area contributed by atoms with Crippen molar-refractivity contribution in [2.75, 3.05) is 11.3 Å². The van der Waals surface area contributed by atoms with Crippen LogP contribution in [0.3, 0.4) is 0 Å². The molecule has 0 atom stereocenters. The van der Waals surface area contributed by atoms with E-state index in [4.69, 9.17) is 4.74 Å². The molecule has 11 heteroatoms. The summed E-state index contributed by atoms with van der Waals surface area (Å²) in [6, 6.07) is 11.4. The SMILES string of the molecule is CCOC(=O)c1ccc(S(=O)(=O)Nc2ccc(-n3nc(C)cc3C(F)(F)F)cc2)cc1. The highest BCUT2D eigenvalue weighted by molar-refractivity contribution is 7.92. The van der Waals surface area contributed by atoms with Gasteiger partial charge in [-0.2, -0.15) is 18.3 Å². The molecule has 0 aliphatic rings. The second-order valence-corrected chi connectivity index (χ2v) is 8.16. The highest BCUT2D eigenvalue weighted by Gasteiger charge is 2.35. The summed E-state index contributed by atoms with van der Waals surface area (Å²) >= 11 is 0. The van der Waals surface area contributed by atoms with E-state index < -0.39 is 27.9 Å². The lowest BCUT2D eigenvalue weighted by molar-refractivity contribution is -0.142. The number of hydrogen-bond acceptors (Lipinski definition) is 5. The van der Waals surface area contributed by atoms with Gasteiger partial charge in [-0.15, -0.1) is 0 Å². The van der Waals surface area contributed by atoms with E-state index in [-0.39, 0.29) is 34.1 Å². The Hall–Kier alpha value is -3.34. The number of rotatable bonds is 6. The lowest BCUT2D eigenvalue weighted by Gasteiger charge is -2.12. The van der Waals surface area contributed by atoms with Crippen molar-refractivity contribution in [3.8, 4) is 5.69 Å². The van der Waals surface area contributed by atoms with E-state index >= 15 is 0 Å². The van der Waals surface area contributed by atoms with Crippen LogP contribution in [0.5, 0.6) is 0 Å². The van der Waals surface area contributed by atoms with E-state index in [0.717, 1.165) is 10.7 Å². The summed E-state index contributed by atoms with van der Waals surface area (Å²) in [7, 11) is -3.98. The van der Waals surface area contributed by atoms with Crippen molar-refractivity contribution in [3.63, 3.8) is 0 Å². The third-order valence-electron chi connectivity index (χ3n) is 4.16. The van der Waals surface area contributed by atoms with Crippen LogP contribution in [0.25, 0.3) is 5.69 Å². The number of hydrogen-bond donors (Lipinski definition) is 1. The number of halogens is 3. The first-order valence-electron chi connectivity index (χ1n) is 9.05. The molecule has 0 fully saturated rings. The zero-order valence-corrected chi connectivity index (χ0v) is 17.3. The molecule has 0 spiro atoms. The van der Waals surface area contributed by atoms with Crippen molar-refractivity contribution >= 4 is 21.7 Å². The van der Waals surface area contributed by atoms with Crippen molar-refractivity contribution < 1.29 is 31.1 Å². The Morgan fingerprint density at radius 1 is 1.10 bits per heavy atom. The van der Waals surface area contributed by atoms with Crippen LogP contribution in [0.15, 0.2) is 59.5 Å². The van der Waals surface area contributed by atoms with E-state index in [1.165, 1.54) is 55.5 Å². The van der Waals surface area contributed by atoms with Crippen molar-refractivity contribution in [1.82, 2.24) is 9.78 Å². The number of anilines is 1. The smallest absolute Gasteiger partial charge is 0.433 e. The Morgan fingerprint density at radius 3 is 2.26 bits per heavy atom. The summed E-state index contributed by atoms with van der Waals surface area (Å²) in [5.74, 6) is -0.568. The molecule has 0 aliphatic heterocycles. The summed E-state index contributed by atoms with van der Waals surface area (Å²) in [4.78, 5) is 11.6. The minimum atomic E-state index is -4.59. The molecule has 3 rings (SSSR count). The fourth-order valence-corrected chi connectivity index (χ4v) is 3.83. The Kier molecular flexibility index (Phi) is 6.07. The molecule has 0 unspecified atom stereocenters. The fraction of sp³-hybridized carbons (Fsp3) is 0.200. The van der Waals surface area contributed by atoms with E-state index in [0.29, 0.717) is 0 Å². The Balaban J connectivity index is 1.80. The highest BCUT2D eigenvalue weighted by Crippen LogP contribution is 2.31. The normalized spacial score (nSPS) is 11.9. The monoisotopic (exact) mass is 453 g/mol. The zero-order valence-electron chi connectivity index (χ0n) is 16.5. The number of nitrogens with zero attached hydrogens (tertiary/aromatic N) is 2. The summed E-state index contributed by atoms with van der Waals surface area (Å²) in [5.41, 5.74) is -0.249. The third kappa shape index (κ3) is 5.05. The number of carbonyl (C=O) groups is 1. The molecular formula is C20H18F3N3O4S. The first kappa shape index (κ1) is 22.3. The van der Waals surface area contributed by atoms with Crippen LogP contribution in [0.1, 0.15) is 28.7 Å². The van der Waals surface area contributed by atoms with Crippen LogP contribution in [0.2, 0.25) is 0 Å². The molecule has 0 amide bonds. The zero-order chi connectivity index (χ0) is 22.8. The van der Waals surface area contributed by atoms with Gasteiger partial charge >= 0.3 is 12.1 Å². The molecule has 1 N–H and O–H groups in total. The quantitative estimate of drug-likeness (QED) is 0.566. The standard InChI is InChI=1S/C20H18F3N3O4S/c1-3-30-19(27)14-4-10-17(11-5-14)31(28,29)25-15-6-8-16(9-7-15)26-18(20(21,22)23)12-13(2)24-26/h4-12,25H,3H2,1-2H3. The average Bonchev–Trinajstić information content (AvgIpc) is 3.11. The fourth-order valence-electron chi connectivity index (χ4n) is 2.77. The predicted octanol–water partition coefficient (Wildman–Crippen LogP) is 4.18. The maximum atomic E-state index is 13.2. The molecule has 1 aromatic heterocycles. The van der Waals surface area contributed by atoms with Gasteiger partial charge < -0.3 is 4.74 Å². The van der Waals surface area contributed by atoms with E-state index in [9.17, 15) is 26.4 Å². The molecule has 0 aliphatic carbocycles. The molecule has 31 heavy (non-hydrogen) atoms.